The highest BCUT2D eigenvalue weighted by Crippen LogP contribution is 2.24. The van der Waals surface area contributed by atoms with Crippen molar-refractivity contribution in [2.45, 2.75) is 24.7 Å². The van der Waals surface area contributed by atoms with Gasteiger partial charge in [0, 0.05) is 31.2 Å². The fraction of sp³-hybridized carbons (Fsp3) is 0.529. The van der Waals surface area contributed by atoms with E-state index in [4.69, 9.17) is 16.3 Å². The van der Waals surface area contributed by atoms with Crippen LogP contribution in [0.1, 0.15) is 19.8 Å². The van der Waals surface area contributed by atoms with E-state index in [9.17, 15) is 18.0 Å². The zero-order chi connectivity index (χ0) is 19.9. The first-order chi connectivity index (χ1) is 12.8. The van der Waals surface area contributed by atoms with Crippen molar-refractivity contribution >= 4 is 33.6 Å². The molecule has 0 bridgehead atoms. The highest BCUT2D eigenvalue weighted by Gasteiger charge is 2.33. The van der Waals surface area contributed by atoms with Gasteiger partial charge in [-0.05, 0) is 44.0 Å². The Labute approximate surface area is 164 Å². The molecule has 2 N–H and O–H groups in total. The fourth-order valence-electron chi connectivity index (χ4n) is 2.81. The van der Waals surface area contributed by atoms with Gasteiger partial charge in [-0.2, -0.15) is 4.31 Å². The number of carbonyl (C=O) groups excluding carboxylic acids is 2. The van der Waals surface area contributed by atoms with Crippen LogP contribution in [0.4, 0.5) is 4.79 Å². The second-order valence-electron chi connectivity index (χ2n) is 6.09. The third-order valence-corrected chi connectivity index (χ3v) is 6.31. The molecule has 0 saturated carbocycles. The van der Waals surface area contributed by atoms with Crippen LogP contribution in [0.5, 0.6) is 0 Å². The highest BCUT2D eigenvalue weighted by atomic mass is 35.5. The van der Waals surface area contributed by atoms with Gasteiger partial charge in [0.15, 0.2) is 0 Å². The van der Waals surface area contributed by atoms with Gasteiger partial charge in [-0.3, -0.25) is 4.79 Å². The Morgan fingerprint density at radius 3 is 2.56 bits per heavy atom. The Kier molecular flexibility index (Phi) is 7.88. The Bertz CT molecular complexity index is 754. The number of ether oxygens (including phenoxy) is 1. The van der Waals surface area contributed by atoms with Crippen LogP contribution < -0.4 is 10.6 Å². The number of rotatable bonds is 7. The van der Waals surface area contributed by atoms with Gasteiger partial charge in [-0.1, -0.05) is 11.6 Å². The van der Waals surface area contributed by atoms with E-state index in [0.29, 0.717) is 24.4 Å². The average Bonchev–Trinajstić information content (AvgIpc) is 2.66. The summed E-state index contributed by atoms with van der Waals surface area (Å²) in [5, 5.41) is 5.69. The minimum atomic E-state index is -3.67. The SMILES string of the molecule is CCOC(=O)NCCNC(=O)C1CCCN(S(=O)(=O)c2ccc(Cl)cc2)C1. The topological polar surface area (TPSA) is 105 Å². The van der Waals surface area contributed by atoms with Crippen molar-refractivity contribution in [1.82, 2.24) is 14.9 Å². The number of nitrogens with zero attached hydrogens (tertiary/aromatic N) is 1. The largest absolute Gasteiger partial charge is 0.450 e. The van der Waals surface area contributed by atoms with Crippen LogP contribution in [-0.2, 0) is 19.6 Å². The van der Waals surface area contributed by atoms with E-state index < -0.39 is 22.0 Å². The lowest BCUT2D eigenvalue weighted by molar-refractivity contribution is -0.126. The van der Waals surface area contributed by atoms with Gasteiger partial charge in [0.25, 0.3) is 0 Å². The Balaban J connectivity index is 1.88. The number of piperidine rings is 1. The molecule has 1 heterocycles. The van der Waals surface area contributed by atoms with Gasteiger partial charge in [0.05, 0.1) is 17.4 Å². The van der Waals surface area contributed by atoms with Gasteiger partial charge in [0.1, 0.15) is 0 Å². The fourth-order valence-corrected chi connectivity index (χ4v) is 4.46. The minimum Gasteiger partial charge on any atom is -0.450 e. The summed E-state index contributed by atoms with van der Waals surface area (Å²) in [5.74, 6) is -0.653. The predicted molar refractivity (Wildman–Crippen MR) is 101 cm³/mol. The van der Waals surface area contributed by atoms with E-state index in [1.165, 1.54) is 28.6 Å². The van der Waals surface area contributed by atoms with Gasteiger partial charge < -0.3 is 15.4 Å². The number of sulfonamides is 1. The molecule has 0 radical (unpaired) electrons. The summed E-state index contributed by atoms with van der Waals surface area (Å²) < 4.78 is 31.6. The monoisotopic (exact) mass is 417 g/mol. The summed E-state index contributed by atoms with van der Waals surface area (Å²) in [6, 6.07) is 5.98. The van der Waals surface area contributed by atoms with Crippen LogP contribution in [0.2, 0.25) is 5.02 Å². The van der Waals surface area contributed by atoms with Crippen molar-refractivity contribution in [2.75, 3.05) is 32.8 Å². The molecule has 1 aliphatic heterocycles. The number of benzene rings is 1. The standard InChI is InChI=1S/C17H24ClN3O5S/c1-2-26-17(23)20-10-9-19-16(22)13-4-3-11-21(12-13)27(24,25)15-7-5-14(18)6-8-15/h5-8,13H,2-4,9-12H2,1H3,(H,19,22)(H,20,23). The molecule has 10 heteroatoms. The van der Waals surface area contributed by atoms with Gasteiger partial charge in [-0.25, -0.2) is 13.2 Å². The lowest BCUT2D eigenvalue weighted by Crippen LogP contribution is -2.46. The molecule has 2 rings (SSSR count). The van der Waals surface area contributed by atoms with E-state index in [2.05, 4.69) is 10.6 Å². The molecule has 2 amide bonds. The number of carbonyl (C=O) groups is 2. The number of hydrogen-bond donors (Lipinski definition) is 2. The van der Waals surface area contributed by atoms with Crippen LogP contribution in [-0.4, -0.2) is 57.5 Å². The molecule has 1 aromatic rings. The first kappa shape index (κ1) is 21.5. The lowest BCUT2D eigenvalue weighted by atomic mass is 9.99. The van der Waals surface area contributed by atoms with E-state index >= 15 is 0 Å². The number of nitrogens with one attached hydrogen (secondary N) is 2. The smallest absolute Gasteiger partial charge is 0.407 e. The zero-order valence-electron chi connectivity index (χ0n) is 15.1. The Hall–Kier alpha value is -1.84. The molecule has 1 atom stereocenters. The minimum absolute atomic E-state index is 0.127. The molecular weight excluding hydrogens is 394 g/mol. The maximum absolute atomic E-state index is 12.8. The highest BCUT2D eigenvalue weighted by molar-refractivity contribution is 7.89. The summed E-state index contributed by atoms with van der Waals surface area (Å²) in [4.78, 5) is 23.7. The predicted octanol–water partition coefficient (Wildman–Crippen LogP) is 1.60. The van der Waals surface area contributed by atoms with Crippen LogP contribution in [0.25, 0.3) is 0 Å². The first-order valence-electron chi connectivity index (χ1n) is 8.78. The van der Waals surface area contributed by atoms with Crippen molar-refractivity contribution in [3.05, 3.63) is 29.3 Å². The van der Waals surface area contributed by atoms with Gasteiger partial charge in [-0.15, -0.1) is 0 Å². The second kappa shape index (κ2) is 9.91. The molecule has 1 unspecified atom stereocenters. The maximum Gasteiger partial charge on any atom is 0.407 e. The van der Waals surface area contributed by atoms with Crippen molar-refractivity contribution in [3.8, 4) is 0 Å². The van der Waals surface area contributed by atoms with Crippen molar-refractivity contribution in [1.29, 1.82) is 0 Å². The van der Waals surface area contributed by atoms with Crippen LogP contribution >= 0.6 is 11.6 Å². The van der Waals surface area contributed by atoms with Crippen molar-refractivity contribution in [3.63, 3.8) is 0 Å². The van der Waals surface area contributed by atoms with Crippen molar-refractivity contribution < 1.29 is 22.7 Å². The summed E-state index contributed by atoms with van der Waals surface area (Å²) in [6.07, 6.45) is 0.681. The molecule has 0 aromatic heterocycles. The molecular formula is C17H24ClN3O5S. The van der Waals surface area contributed by atoms with Crippen LogP contribution in [0.3, 0.4) is 0 Å². The van der Waals surface area contributed by atoms with E-state index in [0.717, 1.165) is 0 Å². The normalized spacial score (nSPS) is 17.9. The maximum atomic E-state index is 12.8. The molecule has 8 nitrogen and oxygen atoms in total. The molecule has 150 valence electrons. The molecule has 0 aliphatic carbocycles. The van der Waals surface area contributed by atoms with E-state index in [1.807, 2.05) is 0 Å². The van der Waals surface area contributed by atoms with Crippen molar-refractivity contribution in [2.24, 2.45) is 5.92 Å². The van der Waals surface area contributed by atoms with Gasteiger partial charge in [0.2, 0.25) is 15.9 Å². The third-order valence-electron chi connectivity index (χ3n) is 4.18. The summed E-state index contributed by atoms with van der Waals surface area (Å²) in [7, 11) is -3.67. The first-order valence-corrected chi connectivity index (χ1v) is 10.6. The summed E-state index contributed by atoms with van der Waals surface area (Å²) in [6.45, 7) is 2.97. The van der Waals surface area contributed by atoms with E-state index in [1.54, 1.807) is 6.92 Å². The van der Waals surface area contributed by atoms with E-state index in [-0.39, 0.29) is 37.0 Å². The number of amides is 2. The molecule has 1 fully saturated rings. The van der Waals surface area contributed by atoms with Crippen LogP contribution in [0.15, 0.2) is 29.2 Å². The Morgan fingerprint density at radius 1 is 1.22 bits per heavy atom. The summed E-state index contributed by atoms with van der Waals surface area (Å²) in [5.41, 5.74) is 0. The summed E-state index contributed by atoms with van der Waals surface area (Å²) >= 11 is 5.81. The molecule has 1 aromatic carbocycles. The number of hydrogen-bond acceptors (Lipinski definition) is 5. The number of halogens is 1. The second-order valence-corrected chi connectivity index (χ2v) is 8.47. The zero-order valence-corrected chi connectivity index (χ0v) is 16.7. The Morgan fingerprint density at radius 2 is 1.89 bits per heavy atom. The lowest BCUT2D eigenvalue weighted by Gasteiger charge is -2.31. The molecule has 0 spiro atoms. The van der Waals surface area contributed by atoms with Gasteiger partial charge >= 0.3 is 6.09 Å². The average molecular weight is 418 g/mol. The third kappa shape index (κ3) is 6.08. The molecule has 1 saturated heterocycles. The molecule has 1 aliphatic rings. The molecule has 27 heavy (non-hydrogen) atoms. The number of alkyl carbamates (subject to hydrolysis) is 1. The van der Waals surface area contributed by atoms with Crippen LogP contribution in [0, 0.1) is 5.92 Å². The quantitative estimate of drug-likeness (QED) is 0.655.